The third-order valence-electron chi connectivity index (χ3n) is 0.875. The molecule has 0 unspecified atom stereocenters. The molecule has 0 fully saturated rings. The minimum Gasteiger partial charge on any atom is -0.392 e. The molecule has 0 amide bonds. The molecular weight excluding hydrogens is 197 g/mol. The Labute approximate surface area is 72.3 Å². The lowest BCUT2D eigenvalue weighted by atomic mass is 10.2. The van der Waals surface area contributed by atoms with Crippen molar-refractivity contribution in [2.45, 2.75) is 6.18 Å². The fourth-order valence-electron chi connectivity index (χ4n) is 0.353. The fourth-order valence-corrected chi connectivity index (χ4v) is 0.775. The van der Waals surface area contributed by atoms with Gasteiger partial charge in [0.05, 0.1) is 6.61 Å². The summed E-state index contributed by atoms with van der Waals surface area (Å²) in [7, 11) is 0. The number of hydrogen-bond acceptors (Lipinski definition) is 3. The number of aliphatic hydroxyl groups excluding tert-OH is 1. The average Bonchev–Trinajstić information content (AvgIpc) is 1.88. The molecular formula is C5H5F3OS2. The zero-order valence-corrected chi connectivity index (χ0v) is 6.93. The van der Waals surface area contributed by atoms with Gasteiger partial charge in [-0.15, -0.1) is 0 Å². The first-order chi connectivity index (χ1) is 4.93. The lowest BCUT2D eigenvalue weighted by Gasteiger charge is -2.08. The first kappa shape index (κ1) is 10.9. The summed E-state index contributed by atoms with van der Waals surface area (Å²) in [4.78, 5) is -1.23. The summed E-state index contributed by atoms with van der Waals surface area (Å²) < 4.78 is 35.2. The minimum atomic E-state index is -4.56. The molecule has 0 radical (unpaired) electrons. The molecule has 0 aliphatic heterocycles. The van der Waals surface area contributed by atoms with E-state index in [1.54, 1.807) is 0 Å². The van der Waals surface area contributed by atoms with Crippen LogP contribution in [0.5, 0.6) is 0 Å². The molecule has 64 valence electrons. The lowest BCUT2D eigenvalue weighted by Crippen LogP contribution is -2.23. The van der Waals surface area contributed by atoms with Crippen LogP contribution in [-0.4, -0.2) is 22.8 Å². The first-order valence-electron chi connectivity index (χ1n) is 2.49. The van der Waals surface area contributed by atoms with Gasteiger partial charge >= 0.3 is 6.18 Å². The van der Waals surface area contributed by atoms with Gasteiger partial charge in [0.25, 0.3) is 0 Å². The number of rotatable bonds is 2. The van der Waals surface area contributed by atoms with Crippen LogP contribution in [0.2, 0.25) is 0 Å². The van der Waals surface area contributed by atoms with E-state index in [0.29, 0.717) is 0 Å². The summed E-state index contributed by atoms with van der Waals surface area (Å²) in [6.07, 6.45) is -4.56. The van der Waals surface area contributed by atoms with Crippen LogP contribution in [0.1, 0.15) is 0 Å². The van der Waals surface area contributed by atoms with E-state index in [0.717, 1.165) is 5.41 Å². The van der Waals surface area contributed by atoms with Crippen molar-refractivity contribution in [1.29, 1.82) is 0 Å². The van der Waals surface area contributed by atoms with Gasteiger partial charge in [0.2, 0.25) is 0 Å². The van der Waals surface area contributed by atoms with E-state index >= 15 is 0 Å². The van der Waals surface area contributed by atoms with Crippen molar-refractivity contribution >= 4 is 29.7 Å². The van der Waals surface area contributed by atoms with E-state index in [9.17, 15) is 13.2 Å². The summed E-state index contributed by atoms with van der Waals surface area (Å²) >= 11 is 7.47. The van der Waals surface area contributed by atoms with E-state index < -0.39 is 23.2 Å². The largest absolute Gasteiger partial charge is 0.426 e. The Kier molecular flexibility index (Phi) is 4.05. The second-order valence-corrected chi connectivity index (χ2v) is 2.31. The Morgan fingerprint density at radius 1 is 1.55 bits per heavy atom. The molecule has 0 heterocycles. The van der Waals surface area contributed by atoms with Gasteiger partial charge in [0, 0.05) is 5.57 Å². The van der Waals surface area contributed by atoms with Crippen LogP contribution in [0.3, 0.4) is 0 Å². The van der Waals surface area contributed by atoms with Crippen molar-refractivity contribution in [3.05, 3.63) is 11.0 Å². The van der Waals surface area contributed by atoms with Crippen LogP contribution in [0.15, 0.2) is 11.0 Å². The van der Waals surface area contributed by atoms with Crippen molar-refractivity contribution in [3.8, 4) is 0 Å². The molecule has 0 bridgehead atoms. The third kappa shape index (κ3) is 3.22. The van der Waals surface area contributed by atoms with Crippen LogP contribution in [0.4, 0.5) is 13.2 Å². The van der Waals surface area contributed by atoms with Gasteiger partial charge < -0.3 is 5.11 Å². The van der Waals surface area contributed by atoms with Gasteiger partial charge in [-0.3, -0.25) is 0 Å². The second-order valence-electron chi connectivity index (χ2n) is 1.64. The predicted molar refractivity (Wildman–Crippen MR) is 42.8 cm³/mol. The lowest BCUT2D eigenvalue weighted by molar-refractivity contribution is -0.0561. The maximum absolute atomic E-state index is 11.7. The molecule has 0 aromatic rings. The van der Waals surface area contributed by atoms with Crippen molar-refractivity contribution < 1.29 is 18.3 Å². The number of alkyl halides is 3. The summed E-state index contributed by atoms with van der Waals surface area (Å²) in [5, 5.41) is 9.20. The number of halogens is 3. The predicted octanol–water partition coefficient (Wildman–Crippen LogP) is 1.72. The van der Waals surface area contributed by atoms with Gasteiger partial charge in [-0.05, 0) is 5.41 Å². The second kappa shape index (κ2) is 4.08. The minimum absolute atomic E-state index is 0.393. The monoisotopic (exact) mass is 202 g/mol. The molecule has 0 saturated heterocycles. The average molecular weight is 202 g/mol. The highest BCUT2D eigenvalue weighted by Crippen LogP contribution is 2.22. The zero-order chi connectivity index (χ0) is 9.07. The molecule has 0 aliphatic rings. The Bertz CT molecular complexity index is 185. The summed E-state index contributed by atoms with van der Waals surface area (Å²) in [5.41, 5.74) is -0.393. The molecule has 0 spiro atoms. The van der Waals surface area contributed by atoms with Crippen LogP contribution in [0.25, 0.3) is 0 Å². The molecule has 0 aliphatic carbocycles. The quantitative estimate of drug-likeness (QED) is 0.404. The van der Waals surface area contributed by atoms with Gasteiger partial charge in [-0.2, -0.15) is 25.8 Å². The number of thiol groups is 1. The molecule has 6 heteroatoms. The molecule has 0 saturated carbocycles. The Hall–Kier alpha value is -0.0700. The molecule has 0 atom stereocenters. The Morgan fingerprint density at radius 2 is 2.00 bits per heavy atom. The highest BCUT2D eigenvalue weighted by molar-refractivity contribution is 7.84. The summed E-state index contributed by atoms with van der Waals surface area (Å²) in [6, 6.07) is 0. The first-order valence-corrected chi connectivity index (χ1v) is 3.41. The number of thiocarbonyl (C=S) groups is 1. The zero-order valence-electron chi connectivity index (χ0n) is 5.22. The van der Waals surface area contributed by atoms with Crippen LogP contribution in [-0.2, 0) is 0 Å². The van der Waals surface area contributed by atoms with E-state index in [2.05, 4.69) is 24.8 Å². The molecule has 0 rings (SSSR count). The van der Waals surface area contributed by atoms with Gasteiger partial charge in [0.1, 0.15) is 4.86 Å². The number of hydrogen-bond donors (Lipinski definition) is 2. The van der Waals surface area contributed by atoms with Crippen LogP contribution in [0, 0.1) is 0 Å². The molecule has 1 nitrogen and oxygen atoms in total. The van der Waals surface area contributed by atoms with Crippen LogP contribution >= 0.6 is 24.8 Å². The van der Waals surface area contributed by atoms with E-state index in [1.165, 1.54) is 0 Å². The standard InChI is InChI=1S/C5H5F3OS2/c6-5(7,8)4(11)3(1-9)2-10/h2,9-10H,1H2/b3-2+. The van der Waals surface area contributed by atoms with Crippen LogP contribution < -0.4 is 0 Å². The van der Waals surface area contributed by atoms with Crippen molar-refractivity contribution in [3.63, 3.8) is 0 Å². The maximum atomic E-state index is 11.7. The highest BCUT2D eigenvalue weighted by Gasteiger charge is 2.35. The van der Waals surface area contributed by atoms with E-state index in [1.807, 2.05) is 0 Å². The SMILES string of the molecule is OC/C(=C\S)C(=S)C(F)(F)F. The van der Waals surface area contributed by atoms with E-state index in [4.69, 9.17) is 5.11 Å². The molecule has 1 N–H and O–H groups in total. The molecule has 0 aromatic carbocycles. The number of aliphatic hydroxyl groups is 1. The Balaban J connectivity index is 4.49. The van der Waals surface area contributed by atoms with Gasteiger partial charge in [0.15, 0.2) is 0 Å². The van der Waals surface area contributed by atoms with Crippen molar-refractivity contribution in [1.82, 2.24) is 0 Å². The topological polar surface area (TPSA) is 20.2 Å². The summed E-state index contributed by atoms with van der Waals surface area (Å²) in [5.74, 6) is 0. The van der Waals surface area contributed by atoms with E-state index in [-0.39, 0.29) is 0 Å². The van der Waals surface area contributed by atoms with Gasteiger partial charge in [-0.1, -0.05) is 12.2 Å². The smallest absolute Gasteiger partial charge is 0.392 e. The summed E-state index contributed by atoms with van der Waals surface area (Å²) in [6.45, 7) is -0.748. The molecule has 0 aromatic heterocycles. The molecule has 11 heavy (non-hydrogen) atoms. The Morgan fingerprint density at radius 3 is 2.09 bits per heavy atom. The maximum Gasteiger partial charge on any atom is 0.426 e. The third-order valence-corrected chi connectivity index (χ3v) is 1.68. The van der Waals surface area contributed by atoms with Gasteiger partial charge in [-0.25, -0.2) is 0 Å². The van der Waals surface area contributed by atoms with Crippen molar-refractivity contribution in [2.75, 3.05) is 6.61 Å². The fraction of sp³-hybridized carbons (Fsp3) is 0.400. The highest BCUT2D eigenvalue weighted by atomic mass is 32.1. The van der Waals surface area contributed by atoms with Crippen molar-refractivity contribution in [2.24, 2.45) is 0 Å². The normalized spacial score (nSPS) is 13.4.